The van der Waals surface area contributed by atoms with Gasteiger partial charge in [0.15, 0.2) is 11.6 Å². The molecule has 4 heteroatoms. The van der Waals surface area contributed by atoms with Crippen LogP contribution in [0.3, 0.4) is 0 Å². The summed E-state index contributed by atoms with van der Waals surface area (Å²) >= 11 is 0. The summed E-state index contributed by atoms with van der Waals surface area (Å²) in [4.78, 5) is 23.7. The van der Waals surface area contributed by atoms with Crippen LogP contribution >= 0.6 is 0 Å². The summed E-state index contributed by atoms with van der Waals surface area (Å²) in [5.41, 5.74) is -3.05. The molecule has 0 bridgehead atoms. The maximum absolute atomic E-state index is 11.8. The molecule has 0 aromatic rings. The first kappa shape index (κ1) is 10.3. The van der Waals surface area contributed by atoms with Crippen LogP contribution in [0.2, 0.25) is 0 Å². The van der Waals surface area contributed by atoms with Gasteiger partial charge in [0.1, 0.15) is 10.8 Å². The van der Waals surface area contributed by atoms with Crippen molar-refractivity contribution in [1.82, 2.24) is 0 Å². The van der Waals surface area contributed by atoms with E-state index in [4.69, 9.17) is 0 Å². The lowest BCUT2D eigenvalue weighted by molar-refractivity contribution is -0.137. The fourth-order valence-corrected chi connectivity index (χ4v) is 2.32. The molecule has 2 aliphatic rings. The summed E-state index contributed by atoms with van der Waals surface area (Å²) in [6, 6.07) is 3.79. The van der Waals surface area contributed by atoms with Gasteiger partial charge in [0.25, 0.3) is 0 Å². The van der Waals surface area contributed by atoms with Gasteiger partial charge in [-0.2, -0.15) is 10.5 Å². The highest BCUT2D eigenvalue weighted by molar-refractivity contribution is 6.14. The minimum atomic E-state index is -1.53. The predicted molar refractivity (Wildman–Crippen MR) is 53.6 cm³/mol. The number of hydrogen-bond donors (Lipinski definition) is 0. The third-order valence-corrected chi connectivity index (χ3v) is 3.35. The zero-order valence-corrected chi connectivity index (χ0v) is 8.43. The Morgan fingerprint density at radius 2 is 1.31 bits per heavy atom. The summed E-state index contributed by atoms with van der Waals surface area (Å²) < 4.78 is 0. The van der Waals surface area contributed by atoms with Gasteiger partial charge < -0.3 is 0 Å². The minimum Gasteiger partial charge on any atom is -0.293 e. The average Bonchev–Trinajstić information content (AvgIpc) is 2.34. The molecule has 0 saturated carbocycles. The van der Waals surface area contributed by atoms with Crippen LogP contribution in [0.4, 0.5) is 0 Å². The summed E-state index contributed by atoms with van der Waals surface area (Å²) in [6.45, 7) is 0. The molecule has 0 spiro atoms. The molecule has 78 valence electrons. The van der Waals surface area contributed by atoms with Crippen LogP contribution in [0.5, 0.6) is 0 Å². The first-order valence-electron chi connectivity index (χ1n) is 4.87. The van der Waals surface area contributed by atoms with Crippen molar-refractivity contribution < 1.29 is 9.59 Å². The Kier molecular flexibility index (Phi) is 2.03. The molecule has 2 atom stereocenters. The Morgan fingerprint density at radius 3 is 1.62 bits per heavy atom. The number of carbonyl (C=O) groups excluding carboxylic acids is 2. The Bertz CT molecular complexity index is 472. The van der Waals surface area contributed by atoms with E-state index in [1.54, 1.807) is 12.2 Å². The number of nitrogens with zero attached hydrogens (tertiary/aromatic N) is 2. The lowest BCUT2D eigenvalue weighted by Gasteiger charge is -2.41. The number of allylic oxidation sites excluding steroid dienone is 4. The summed E-state index contributed by atoms with van der Waals surface area (Å²) in [5, 5.41) is 18.4. The third-order valence-electron chi connectivity index (χ3n) is 3.35. The first-order valence-corrected chi connectivity index (χ1v) is 4.87. The van der Waals surface area contributed by atoms with E-state index in [2.05, 4.69) is 0 Å². The maximum Gasteiger partial charge on any atom is 0.178 e. The van der Waals surface area contributed by atoms with Crippen molar-refractivity contribution in [1.29, 1.82) is 10.5 Å². The number of ketones is 2. The van der Waals surface area contributed by atoms with Crippen molar-refractivity contribution in [3.8, 4) is 12.1 Å². The molecular formula is C12H8N2O2. The van der Waals surface area contributed by atoms with E-state index >= 15 is 0 Å². The molecule has 0 aliphatic heterocycles. The van der Waals surface area contributed by atoms with E-state index in [9.17, 15) is 20.1 Å². The van der Waals surface area contributed by atoms with E-state index in [1.807, 2.05) is 12.1 Å². The summed E-state index contributed by atoms with van der Waals surface area (Å²) in [7, 11) is 0. The summed E-state index contributed by atoms with van der Waals surface area (Å²) in [6.07, 6.45) is 5.85. The highest BCUT2D eigenvalue weighted by atomic mass is 16.1. The Morgan fingerprint density at radius 1 is 0.938 bits per heavy atom. The highest BCUT2D eigenvalue weighted by Gasteiger charge is 2.62. The monoisotopic (exact) mass is 212 g/mol. The second-order valence-corrected chi connectivity index (χ2v) is 3.98. The SMILES string of the molecule is N#CC12CC=CCC1(C#N)C(=O)C=CC2=O. The highest BCUT2D eigenvalue weighted by Crippen LogP contribution is 2.51. The zero-order valence-electron chi connectivity index (χ0n) is 8.43. The van der Waals surface area contributed by atoms with Gasteiger partial charge in [-0.05, 0) is 25.0 Å². The van der Waals surface area contributed by atoms with Crippen LogP contribution in [-0.2, 0) is 9.59 Å². The lowest BCUT2D eigenvalue weighted by Crippen LogP contribution is -2.53. The summed E-state index contributed by atoms with van der Waals surface area (Å²) in [5.74, 6) is -0.888. The Balaban J connectivity index is 2.76. The van der Waals surface area contributed by atoms with Crippen molar-refractivity contribution in [3.05, 3.63) is 24.3 Å². The van der Waals surface area contributed by atoms with Gasteiger partial charge in [-0.1, -0.05) is 12.2 Å². The van der Waals surface area contributed by atoms with Crippen molar-refractivity contribution in [2.45, 2.75) is 12.8 Å². The molecule has 2 unspecified atom stereocenters. The third kappa shape index (κ3) is 0.914. The van der Waals surface area contributed by atoms with Gasteiger partial charge >= 0.3 is 0 Å². The number of rotatable bonds is 0. The largest absolute Gasteiger partial charge is 0.293 e. The lowest BCUT2D eigenvalue weighted by atomic mass is 9.53. The van der Waals surface area contributed by atoms with Gasteiger partial charge in [-0.15, -0.1) is 0 Å². The second-order valence-electron chi connectivity index (χ2n) is 3.98. The van der Waals surface area contributed by atoms with Crippen LogP contribution < -0.4 is 0 Å². The van der Waals surface area contributed by atoms with Gasteiger partial charge in [0.05, 0.1) is 12.1 Å². The van der Waals surface area contributed by atoms with E-state index in [0.717, 1.165) is 12.2 Å². The number of hydrogen-bond acceptors (Lipinski definition) is 4. The Labute approximate surface area is 92.5 Å². The predicted octanol–water partition coefficient (Wildman–Crippen LogP) is 1.06. The molecule has 0 aromatic carbocycles. The maximum atomic E-state index is 11.8. The standard InChI is InChI=1S/C12H8N2O2/c13-7-11-5-1-2-6-12(11,8-14)10(16)4-3-9(11)15/h1-4H,5-6H2. The van der Waals surface area contributed by atoms with Crippen LogP contribution in [0.15, 0.2) is 24.3 Å². The molecule has 0 fully saturated rings. The number of nitriles is 2. The second kappa shape index (κ2) is 3.15. The van der Waals surface area contributed by atoms with Crippen molar-refractivity contribution in [2.75, 3.05) is 0 Å². The number of carbonyl (C=O) groups is 2. The Hall–Kier alpha value is -2.20. The van der Waals surface area contributed by atoms with E-state index < -0.39 is 22.4 Å². The molecule has 0 radical (unpaired) electrons. The van der Waals surface area contributed by atoms with Crippen molar-refractivity contribution >= 4 is 11.6 Å². The smallest absolute Gasteiger partial charge is 0.178 e. The molecule has 0 amide bonds. The number of fused-ring (bicyclic) bond motifs is 1. The average molecular weight is 212 g/mol. The van der Waals surface area contributed by atoms with Gasteiger partial charge in [-0.25, -0.2) is 0 Å². The van der Waals surface area contributed by atoms with Gasteiger partial charge in [0.2, 0.25) is 0 Å². The van der Waals surface area contributed by atoms with Crippen molar-refractivity contribution in [2.24, 2.45) is 10.8 Å². The van der Waals surface area contributed by atoms with Crippen molar-refractivity contribution in [3.63, 3.8) is 0 Å². The quantitative estimate of drug-likeness (QED) is 0.562. The van der Waals surface area contributed by atoms with E-state index in [-0.39, 0.29) is 12.8 Å². The van der Waals surface area contributed by atoms with Gasteiger partial charge in [0, 0.05) is 0 Å². The molecule has 0 heterocycles. The van der Waals surface area contributed by atoms with Gasteiger partial charge in [-0.3, -0.25) is 9.59 Å². The molecule has 16 heavy (non-hydrogen) atoms. The molecule has 2 aliphatic carbocycles. The first-order chi connectivity index (χ1) is 7.63. The van der Waals surface area contributed by atoms with Crippen LogP contribution in [0.1, 0.15) is 12.8 Å². The fourth-order valence-electron chi connectivity index (χ4n) is 2.32. The molecular weight excluding hydrogens is 204 g/mol. The van der Waals surface area contributed by atoms with Crippen LogP contribution in [0, 0.1) is 33.5 Å². The molecule has 0 aromatic heterocycles. The topological polar surface area (TPSA) is 81.7 Å². The molecule has 0 N–H and O–H groups in total. The molecule has 0 saturated heterocycles. The van der Waals surface area contributed by atoms with E-state index in [1.165, 1.54) is 0 Å². The van der Waals surface area contributed by atoms with Crippen LogP contribution in [0.25, 0.3) is 0 Å². The fraction of sp³-hybridized carbons (Fsp3) is 0.333. The molecule has 4 nitrogen and oxygen atoms in total. The van der Waals surface area contributed by atoms with E-state index in [0.29, 0.717) is 0 Å². The van der Waals surface area contributed by atoms with Crippen LogP contribution in [-0.4, -0.2) is 11.6 Å². The normalized spacial score (nSPS) is 36.4. The minimum absolute atomic E-state index is 0.131. The zero-order chi connectivity index (χ0) is 11.8. The molecule has 2 rings (SSSR count).